The molecule has 1 atom stereocenters. The number of halogens is 20. The quantitative estimate of drug-likeness (QED) is 0.0321. The van der Waals surface area contributed by atoms with Crippen LogP contribution in [0.4, 0.5) is 93.5 Å². The third-order valence-electron chi connectivity index (χ3n) is 12.1. The molecule has 8 rings (SSSR count). The minimum atomic E-state index is -7.22. The Kier molecular flexibility index (Phi) is 16.9. The molecule has 0 aliphatic heterocycles. The lowest BCUT2D eigenvalue weighted by Crippen LogP contribution is -2.81. The van der Waals surface area contributed by atoms with Crippen LogP contribution in [0.15, 0.2) is 115 Å². The molecular weight excluding hydrogens is 1100 g/mol. The fourth-order valence-electron chi connectivity index (χ4n) is 8.57. The molecule has 0 aliphatic carbocycles. The van der Waals surface area contributed by atoms with Crippen LogP contribution in [-0.2, 0) is 33.0 Å². The summed E-state index contributed by atoms with van der Waals surface area (Å²) < 4.78 is 307. The van der Waals surface area contributed by atoms with E-state index in [1.54, 1.807) is 6.26 Å². The van der Waals surface area contributed by atoms with E-state index in [0.29, 0.717) is 5.75 Å². The van der Waals surface area contributed by atoms with Gasteiger partial charge >= 0.3 is 0 Å². The maximum Gasteiger partial charge on any atom is 0.200 e. The average Bonchev–Trinajstić information content (AvgIpc) is 3.13. The summed E-state index contributed by atoms with van der Waals surface area (Å²) in [6.45, 7) is 1.64. The molecule has 8 aromatic carbocycles. The number of benzene rings is 8. The predicted molar refractivity (Wildman–Crippen MR) is 249 cm³/mol. The molecule has 0 aromatic heterocycles. The summed E-state index contributed by atoms with van der Waals surface area (Å²) in [5.41, 5.74) is -8.73. The Bertz CT molecular complexity index is 3290. The standard InChI is InChI=1S/C30H28NOS.C24BF20/c1-33(32,22-21-26-11-5-2-6-12-26)25-29-17-19-30(20-18-29)31(23-27-13-7-3-8-14-27)24-28-15-9-4-10-16-28;26-5-1(6(27)14(35)21(42)13(5)34)25(2-7(28)15(36)22(43)16(37)8(2)29,3-9(30)17(38)23(44)18(39)10(3)31)4-11(32)19(40)24(45)20(41)12(4)33/h2-20H,23-25H2,1H3;/q+1;-1. The van der Waals surface area contributed by atoms with Gasteiger partial charge in [0, 0.05) is 29.9 Å². The van der Waals surface area contributed by atoms with Crippen LogP contribution in [0.2, 0.25) is 0 Å². The molecule has 0 fully saturated rings. The number of rotatable bonds is 11. The molecule has 0 spiro atoms. The van der Waals surface area contributed by atoms with Gasteiger partial charge in [-0.15, -0.1) is 21.9 Å². The van der Waals surface area contributed by atoms with Crippen molar-refractivity contribution >= 4 is 43.6 Å². The van der Waals surface area contributed by atoms with Gasteiger partial charge in [0.2, 0.25) is 0 Å². The molecule has 0 saturated carbocycles. The maximum atomic E-state index is 15.4. The Labute approximate surface area is 429 Å². The summed E-state index contributed by atoms with van der Waals surface area (Å²) in [5, 5.41) is 2.99. The zero-order valence-electron chi connectivity index (χ0n) is 39.0. The molecular formula is C54H28BF20NOS. The minimum absolute atomic E-state index is 0.449. The number of hydrogen-bond donors (Lipinski definition) is 0. The van der Waals surface area contributed by atoms with Crippen molar-refractivity contribution in [2.75, 3.05) is 11.2 Å². The SMILES string of the molecule is C[S+](=O)(C#Cc1ccccc1)Cc1ccc(N(Cc2ccccc2)Cc2ccccc2)cc1.Fc1c(F)c(F)c([B-](c2c(F)c(F)c(F)c(F)c2F)(c2c(F)c(F)c(F)c(F)c2F)c2c(F)c(F)c(F)c(F)c2F)c(F)c1F. The van der Waals surface area contributed by atoms with Crippen molar-refractivity contribution in [3.8, 4) is 11.2 Å². The zero-order valence-corrected chi connectivity index (χ0v) is 39.8. The van der Waals surface area contributed by atoms with Crippen molar-refractivity contribution in [1.29, 1.82) is 0 Å². The second-order valence-corrected chi connectivity index (χ2v) is 19.5. The van der Waals surface area contributed by atoms with E-state index in [1.165, 1.54) is 11.1 Å². The smallest absolute Gasteiger partial charge is 0.200 e. The van der Waals surface area contributed by atoms with E-state index >= 15 is 35.1 Å². The summed E-state index contributed by atoms with van der Waals surface area (Å²) in [7, 11) is -2.29. The normalized spacial score (nSPS) is 12.1. The summed E-state index contributed by atoms with van der Waals surface area (Å²) in [6, 6.07) is 39.1. The van der Waals surface area contributed by atoms with Crippen molar-refractivity contribution < 1.29 is 92.0 Å². The van der Waals surface area contributed by atoms with Crippen molar-refractivity contribution in [2.24, 2.45) is 0 Å². The fraction of sp³-hybridized carbons (Fsp3) is 0.0741. The molecule has 0 heterocycles. The maximum absolute atomic E-state index is 15.4. The molecule has 8 aromatic rings. The van der Waals surface area contributed by atoms with Crippen molar-refractivity contribution in [3.63, 3.8) is 0 Å². The first-order valence-electron chi connectivity index (χ1n) is 22.0. The molecule has 0 amide bonds. The Morgan fingerprint density at radius 1 is 0.346 bits per heavy atom. The second-order valence-electron chi connectivity index (χ2n) is 17.0. The summed E-state index contributed by atoms with van der Waals surface area (Å²) in [6.07, 6.45) is -5.47. The topological polar surface area (TPSA) is 20.3 Å². The van der Waals surface area contributed by atoms with Gasteiger partial charge in [0.25, 0.3) is 0 Å². The molecule has 0 N–H and O–H groups in total. The number of nitrogens with zero attached hydrogens (tertiary/aromatic N) is 1. The van der Waals surface area contributed by atoms with Gasteiger partial charge in [-0.25, -0.2) is 87.8 Å². The first-order chi connectivity index (χ1) is 36.8. The molecule has 2 nitrogen and oxygen atoms in total. The Morgan fingerprint density at radius 3 is 0.885 bits per heavy atom. The van der Waals surface area contributed by atoms with Crippen molar-refractivity contribution in [1.82, 2.24) is 0 Å². The number of anilines is 1. The summed E-state index contributed by atoms with van der Waals surface area (Å²) >= 11 is 0. The summed E-state index contributed by atoms with van der Waals surface area (Å²) in [5.74, 6) is -67.9. The first kappa shape index (κ1) is 57.6. The summed E-state index contributed by atoms with van der Waals surface area (Å²) in [4.78, 5) is 2.37. The van der Waals surface area contributed by atoms with E-state index in [2.05, 4.69) is 88.9 Å². The highest BCUT2D eigenvalue weighted by Crippen LogP contribution is 2.31. The largest absolute Gasteiger partial charge is 0.363 e. The fourth-order valence-corrected chi connectivity index (χ4v) is 9.80. The highest BCUT2D eigenvalue weighted by Gasteiger charge is 2.52. The Morgan fingerprint density at radius 2 is 0.603 bits per heavy atom. The molecule has 78 heavy (non-hydrogen) atoms. The minimum Gasteiger partial charge on any atom is -0.363 e. The van der Waals surface area contributed by atoms with Crippen LogP contribution in [0.25, 0.3) is 0 Å². The van der Waals surface area contributed by atoms with Crippen LogP contribution in [0, 0.1) is 128 Å². The van der Waals surface area contributed by atoms with Gasteiger partial charge < -0.3 is 4.90 Å². The van der Waals surface area contributed by atoms with Gasteiger partial charge in [0.05, 0.1) is 0 Å². The zero-order chi connectivity index (χ0) is 57.3. The monoisotopic (exact) mass is 1130 g/mol. The van der Waals surface area contributed by atoms with Crippen molar-refractivity contribution in [2.45, 2.75) is 18.8 Å². The third-order valence-corrected chi connectivity index (χ3v) is 13.5. The van der Waals surface area contributed by atoms with E-state index in [4.69, 9.17) is 0 Å². The van der Waals surface area contributed by atoms with Gasteiger partial charge in [0.1, 0.15) is 64.7 Å². The van der Waals surface area contributed by atoms with E-state index < -0.39 is 154 Å². The third kappa shape index (κ3) is 10.7. The lowest BCUT2D eigenvalue weighted by molar-refractivity contribution is 0.378. The van der Waals surface area contributed by atoms with Crippen LogP contribution >= 0.6 is 0 Å². The average molecular weight is 1130 g/mol. The second kappa shape index (κ2) is 22.9. The molecule has 0 saturated heterocycles. The van der Waals surface area contributed by atoms with Crippen LogP contribution in [-0.4, -0.2) is 12.4 Å². The lowest BCUT2D eigenvalue weighted by atomic mass is 9.12. The van der Waals surface area contributed by atoms with Gasteiger partial charge in [-0.1, -0.05) is 95.2 Å². The Hall–Kier alpha value is -8.07. The predicted octanol–water partition coefficient (Wildman–Crippen LogP) is 12.4. The van der Waals surface area contributed by atoms with Crippen LogP contribution in [0.3, 0.4) is 0 Å². The first-order valence-corrected chi connectivity index (χ1v) is 24.1. The van der Waals surface area contributed by atoms with Crippen molar-refractivity contribution in [3.05, 3.63) is 254 Å². The highest BCUT2D eigenvalue weighted by molar-refractivity contribution is 8.05. The number of hydrogen-bond acceptors (Lipinski definition) is 2. The van der Waals surface area contributed by atoms with Gasteiger partial charge in [0.15, 0.2) is 85.0 Å². The molecule has 24 heteroatoms. The van der Waals surface area contributed by atoms with Gasteiger partial charge in [-0.05, 0) is 41.3 Å². The molecule has 0 bridgehead atoms. The Balaban J connectivity index is 0.000000237. The molecule has 0 aliphatic rings. The van der Waals surface area contributed by atoms with E-state index in [-0.39, 0.29) is 0 Å². The highest BCUT2D eigenvalue weighted by atomic mass is 32.2. The van der Waals surface area contributed by atoms with Gasteiger partial charge in [-0.3, -0.25) is 0 Å². The van der Waals surface area contributed by atoms with E-state index in [1.807, 2.05) is 42.5 Å². The molecule has 0 radical (unpaired) electrons. The van der Waals surface area contributed by atoms with Gasteiger partial charge in [-0.2, -0.15) is 0 Å². The van der Waals surface area contributed by atoms with Crippen LogP contribution < -0.4 is 26.8 Å². The van der Waals surface area contributed by atoms with E-state index in [9.17, 15) is 56.9 Å². The van der Waals surface area contributed by atoms with Crippen LogP contribution in [0.1, 0.15) is 22.3 Å². The molecule has 1 unspecified atom stereocenters. The lowest BCUT2D eigenvalue weighted by Gasteiger charge is -2.44. The van der Waals surface area contributed by atoms with Crippen LogP contribution in [0.5, 0.6) is 0 Å². The molecule has 404 valence electrons. The van der Waals surface area contributed by atoms with E-state index in [0.717, 1.165) is 29.9 Å².